The van der Waals surface area contributed by atoms with Crippen molar-refractivity contribution in [2.24, 2.45) is 5.92 Å². The first-order chi connectivity index (χ1) is 7.13. The minimum absolute atomic E-state index is 0.605. The first-order valence-corrected chi connectivity index (χ1v) is 6.66. The second kappa shape index (κ2) is 6.23. The van der Waals surface area contributed by atoms with Crippen LogP contribution in [0.2, 0.25) is 0 Å². The average molecular weight is 226 g/mol. The molecule has 1 unspecified atom stereocenters. The normalized spacial score (nSPS) is 13.4. The van der Waals surface area contributed by atoms with E-state index in [0.717, 1.165) is 13.1 Å². The van der Waals surface area contributed by atoms with E-state index in [0.29, 0.717) is 11.8 Å². The van der Waals surface area contributed by atoms with Crippen molar-refractivity contribution in [3.63, 3.8) is 0 Å². The highest BCUT2D eigenvalue weighted by Crippen LogP contribution is 2.22. The van der Waals surface area contributed by atoms with Crippen LogP contribution in [0.25, 0.3) is 0 Å². The van der Waals surface area contributed by atoms with E-state index in [1.807, 2.05) is 0 Å². The third kappa shape index (κ3) is 4.31. The number of rotatable bonds is 6. The van der Waals surface area contributed by atoms with Crippen molar-refractivity contribution in [1.82, 2.24) is 10.3 Å². The molecule has 0 saturated carbocycles. The zero-order valence-corrected chi connectivity index (χ0v) is 11.0. The Morgan fingerprint density at radius 3 is 2.73 bits per heavy atom. The van der Waals surface area contributed by atoms with E-state index in [9.17, 15) is 0 Å². The highest BCUT2D eigenvalue weighted by Gasteiger charge is 2.07. The fourth-order valence-corrected chi connectivity index (χ4v) is 2.26. The third-order valence-electron chi connectivity index (χ3n) is 2.46. The number of nitrogens with one attached hydrogen (secondary N) is 1. The zero-order valence-electron chi connectivity index (χ0n) is 10.2. The predicted molar refractivity (Wildman–Crippen MR) is 67.4 cm³/mol. The van der Waals surface area contributed by atoms with Gasteiger partial charge in [-0.1, -0.05) is 27.7 Å². The summed E-state index contributed by atoms with van der Waals surface area (Å²) in [4.78, 5) is 4.63. The molecule has 86 valence electrons. The predicted octanol–water partition coefficient (Wildman–Crippen LogP) is 3.40. The van der Waals surface area contributed by atoms with Gasteiger partial charge in [0.15, 0.2) is 0 Å². The maximum Gasteiger partial charge on any atom is 0.0956 e. The summed E-state index contributed by atoms with van der Waals surface area (Å²) in [5.41, 5.74) is 1.19. The van der Waals surface area contributed by atoms with Gasteiger partial charge in [0, 0.05) is 17.8 Å². The van der Waals surface area contributed by atoms with Gasteiger partial charge in [0.25, 0.3) is 0 Å². The molecule has 15 heavy (non-hydrogen) atoms. The largest absolute Gasteiger partial charge is 0.311 e. The summed E-state index contributed by atoms with van der Waals surface area (Å²) in [6, 6.07) is 0. The van der Waals surface area contributed by atoms with Crippen molar-refractivity contribution in [1.29, 1.82) is 0 Å². The van der Waals surface area contributed by atoms with Gasteiger partial charge < -0.3 is 5.32 Å². The minimum Gasteiger partial charge on any atom is -0.311 e. The van der Waals surface area contributed by atoms with Crippen LogP contribution in [0.1, 0.15) is 50.7 Å². The lowest BCUT2D eigenvalue weighted by Crippen LogP contribution is -2.19. The lowest BCUT2D eigenvalue weighted by Gasteiger charge is -2.05. The Kier molecular flexibility index (Phi) is 5.26. The van der Waals surface area contributed by atoms with Crippen molar-refractivity contribution >= 4 is 11.3 Å². The van der Waals surface area contributed by atoms with Crippen LogP contribution in [-0.4, -0.2) is 11.5 Å². The standard InChI is InChI=1S/C12H22N2S/c1-5-10(4)12-14-11(8-15-12)7-13-6-9(2)3/h8-10,13H,5-7H2,1-4H3. The van der Waals surface area contributed by atoms with E-state index >= 15 is 0 Å². The first kappa shape index (κ1) is 12.7. The molecule has 0 amide bonds. The molecule has 1 aromatic heterocycles. The van der Waals surface area contributed by atoms with Crippen LogP contribution in [-0.2, 0) is 6.54 Å². The Labute approximate surface area is 97.1 Å². The lowest BCUT2D eigenvalue weighted by molar-refractivity contribution is 0.548. The van der Waals surface area contributed by atoms with Gasteiger partial charge in [0.05, 0.1) is 10.7 Å². The SMILES string of the molecule is CCC(C)c1nc(CNCC(C)C)cs1. The maximum absolute atomic E-state index is 4.63. The van der Waals surface area contributed by atoms with E-state index in [4.69, 9.17) is 0 Å². The molecule has 0 aliphatic rings. The molecule has 0 aliphatic carbocycles. The van der Waals surface area contributed by atoms with E-state index < -0.39 is 0 Å². The van der Waals surface area contributed by atoms with Crippen LogP contribution < -0.4 is 5.32 Å². The summed E-state index contributed by atoms with van der Waals surface area (Å²) in [6.45, 7) is 10.9. The number of thiazole rings is 1. The molecule has 1 aromatic rings. The van der Waals surface area contributed by atoms with Crippen LogP contribution in [0.3, 0.4) is 0 Å². The quantitative estimate of drug-likeness (QED) is 0.804. The highest BCUT2D eigenvalue weighted by atomic mass is 32.1. The molecule has 1 rings (SSSR count). The lowest BCUT2D eigenvalue weighted by atomic mass is 10.1. The monoisotopic (exact) mass is 226 g/mol. The summed E-state index contributed by atoms with van der Waals surface area (Å²) < 4.78 is 0. The summed E-state index contributed by atoms with van der Waals surface area (Å²) >= 11 is 1.79. The summed E-state index contributed by atoms with van der Waals surface area (Å²) in [6.07, 6.45) is 1.17. The Bertz CT molecular complexity index is 281. The average Bonchev–Trinajstić information content (AvgIpc) is 2.65. The number of nitrogens with zero attached hydrogens (tertiary/aromatic N) is 1. The second-order valence-corrected chi connectivity index (χ2v) is 5.40. The molecule has 2 nitrogen and oxygen atoms in total. The second-order valence-electron chi connectivity index (χ2n) is 4.51. The fourth-order valence-electron chi connectivity index (χ4n) is 1.29. The van der Waals surface area contributed by atoms with E-state index in [1.54, 1.807) is 11.3 Å². The number of hydrogen-bond donors (Lipinski definition) is 1. The molecule has 0 aromatic carbocycles. The summed E-state index contributed by atoms with van der Waals surface area (Å²) in [5, 5.41) is 6.87. The molecule has 0 spiro atoms. The van der Waals surface area contributed by atoms with Crippen molar-refractivity contribution in [3.8, 4) is 0 Å². The number of aromatic nitrogens is 1. The molecule has 0 aliphatic heterocycles. The minimum atomic E-state index is 0.605. The van der Waals surface area contributed by atoms with Gasteiger partial charge >= 0.3 is 0 Å². The van der Waals surface area contributed by atoms with Crippen molar-refractivity contribution in [2.75, 3.05) is 6.54 Å². The fraction of sp³-hybridized carbons (Fsp3) is 0.750. The Balaban J connectivity index is 2.39. The molecule has 3 heteroatoms. The van der Waals surface area contributed by atoms with E-state index in [-0.39, 0.29) is 0 Å². The topological polar surface area (TPSA) is 24.9 Å². The van der Waals surface area contributed by atoms with E-state index in [1.165, 1.54) is 17.1 Å². The van der Waals surface area contributed by atoms with Crippen molar-refractivity contribution < 1.29 is 0 Å². The number of hydrogen-bond acceptors (Lipinski definition) is 3. The van der Waals surface area contributed by atoms with Gasteiger partial charge in [0.1, 0.15) is 0 Å². The van der Waals surface area contributed by atoms with Gasteiger partial charge in [-0.05, 0) is 18.9 Å². The van der Waals surface area contributed by atoms with Crippen LogP contribution >= 0.6 is 11.3 Å². The maximum atomic E-state index is 4.63. The smallest absolute Gasteiger partial charge is 0.0956 e. The molecule has 0 saturated heterocycles. The molecule has 1 atom stereocenters. The summed E-state index contributed by atoms with van der Waals surface area (Å²) in [7, 11) is 0. The van der Waals surface area contributed by atoms with Crippen molar-refractivity contribution in [2.45, 2.75) is 46.6 Å². The molecule has 1 N–H and O–H groups in total. The first-order valence-electron chi connectivity index (χ1n) is 5.78. The molecule has 0 fully saturated rings. The Morgan fingerprint density at radius 2 is 2.13 bits per heavy atom. The van der Waals surface area contributed by atoms with Crippen LogP contribution in [0, 0.1) is 5.92 Å². The molecule has 0 radical (unpaired) electrons. The Hall–Kier alpha value is -0.410. The molecular weight excluding hydrogens is 204 g/mol. The van der Waals surface area contributed by atoms with Gasteiger partial charge in [-0.25, -0.2) is 4.98 Å². The van der Waals surface area contributed by atoms with Gasteiger partial charge in [0.2, 0.25) is 0 Å². The third-order valence-corrected chi connectivity index (χ3v) is 3.59. The summed E-state index contributed by atoms with van der Waals surface area (Å²) in [5.74, 6) is 1.31. The van der Waals surface area contributed by atoms with Crippen molar-refractivity contribution in [3.05, 3.63) is 16.1 Å². The highest BCUT2D eigenvalue weighted by molar-refractivity contribution is 7.09. The molecule has 1 heterocycles. The van der Waals surface area contributed by atoms with Gasteiger partial charge in [-0.2, -0.15) is 0 Å². The molecular formula is C12H22N2S. The van der Waals surface area contributed by atoms with Gasteiger partial charge in [-0.15, -0.1) is 11.3 Å². The van der Waals surface area contributed by atoms with Crippen LogP contribution in [0.5, 0.6) is 0 Å². The zero-order chi connectivity index (χ0) is 11.3. The molecule has 0 bridgehead atoms. The van der Waals surface area contributed by atoms with Crippen LogP contribution in [0.4, 0.5) is 0 Å². The van der Waals surface area contributed by atoms with Gasteiger partial charge in [-0.3, -0.25) is 0 Å². The van der Waals surface area contributed by atoms with Crippen LogP contribution in [0.15, 0.2) is 5.38 Å². The van der Waals surface area contributed by atoms with E-state index in [2.05, 4.69) is 43.4 Å². The Morgan fingerprint density at radius 1 is 1.40 bits per heavy atom.